The SMILES string of the molecule is CCOc1ccc2c(C#N)c(-c3cccc(N4CCCS4(=O)=O)c3)n(CC)c2c1. The molecule has 1 aromatic heterocycles. The zero-order chi connectivity index (χ0) is 20.6. The largest absolute Gasteiger partial charge is 0.494 e. The summed E-state index contributed by atoms with van der Waals surface area (Å²) in [5.41, 5.74) is 3.80. The van der Waals surface area contributed by atoms with Crippen LogP contribution in [-0.2, 0) is 16.6 Å². The topological polar surface area (TPSA) is 75.3 Å². The third-order valence-electron chi connectivity index (χ3n) is 5.28. The fraction of sp³-hybridized carbons (Fsp3) is 0.318. The van der Waals surface area contributed by atoms with Gasteiger partial charge in [0.15, 0.2) is 0 Å². The molecule has 4 rings (SSSR count). The van der Waals surface area contributed by atoms with E-state index in [9.17, 15) is 13.7 Å². The molecular weight excluding hydrogens is 386 g/mol. The monoisotopic (exact) mass is 409 g/mol. The zero-order valence-corrected chi connectivity index (χ0v) is 17.4. The minimum atomic E-state index is -3.26. The Hall–Kier alpha value is -2.98. The van der Waals surface area contributed by atoms with Crippen LogP contribution in [-0.4, -0.2) is 31.9 Å². The number of fused-ring (bicyclic) bond motifs is 1. The first-order valence-corrected chi connectivity index (χ1v) is 11.4. The van der Waals surface area contributed by atoms with Crippen molar-refractivity contribution in [2.45, 2.75) is 26.8 Å². The van der Waals surface area contributed by atoms with Crippen LogP contribution in [0.2, 0.25) is 0 Å². The number of aryl methyl sites for hydroxylation is 1. The maximum absolute atomic E-state index is 12.4. The van der Waals surface area contributed by atoms with Crippen molar-refractivity contribution in [1.82, 2.24) is 4.57 Å². The lowest BCUT2D eigenvalue weighted by atomic mass is 10.1. The lowest BCUT2D eigenvalue weighted by Crippen LogP contribution is -2.25. The molecule has 0 unspecified atom stereocenters. The maximum atomic E-state index is 12.4. The van der Waals surface area contributed by atoms with E-state index in [0.717, 1.165) is 27.9 Å². The molecule has 1 aliphatic rings. The van der Waals surface area contributed by atoms with Gasteiger partial charge in [-0.15, -0.1) is 0 Å². The predicted octanol–water partition coefficient (Wildman–Crippen LogP) is 4.14. The summed E-state index contributed by atoms with van der Waals surface area (Å²) in [6.07, 6.45) is 0.630. The highest BCUT2D eigenvalue weighted by Crippen LogP contribution is 2.37. The molecule has 0 N–H and O–H groups in total. The van der Waals surface area contributed by atoms with E-state index in [1.807, 2.05) is 56.3 Å². The lowest BCUT2D eigenvalue weighted by Gasteiger charge is -2.18. The predicted molar refractivity (Wildman–Crippen MR) is 115 cm³/mol. The molecule has 1 saturated heterocycles. The Balaban J connectivity index is 1.92. The Morgan fingerprint density at radius 3 is 2.66 bits per heavy atom. The van der Waals surface area contributed by atoms with E-state index >= 15 is 0 Å². The molecule has 0 saturated carbocycles. The Morgan fingerprint density at radius 2 is 2.00 bits per heavy atom. The molecule has 0 amide bonds. The van der Waals surface area contributed by atoms with E-state index in [-0.39, 0.29) is 5.75 Å². The molecule has 2 heterocycles. The van der Waals surface area contributed by atoms with E-state index in [1.54, 1.807) is 0 Å². The van der Waals surface area contributed by atoms with Gasteiger partial charge in [0.25, 0.3) is 0 Å². The van der Waals surface area contributed by atoms with Crippen LogP contribution >= 0.6 is 0 Å². The summed E-state index contributed by atoms with van der Waals surface area (Å²) in [5.74, 6) is 0.941. The molecule has 1 fully saturated rings. The average molecular weight is 410 g/mol. The van der Waals surface area contributed by atoms with Crippen LogP contribution in [0.15, 0.2) is 42.5 Å². The highest BCUT2D eigenvalue weighted by molar-refractivity contribution is 7.93. The van der Waals surface area contributed by atoms with E-state index in [2.05, 4.69) is 10.6 Å². The quantitative estimate of drug-likeness (QED) is 0.635. The molecule has 0 radical (unpaired) electrons. The van der Waals surface area contributed by atoms with Crippen molar-refractivity contribution >= 4 is 26.6 Å². The van der Waals surface area contributed by atoms with Crippen molar-refractivity contribution in [3.63, 3.8) is 0 Å². The van der Waals surface area contributed by atoms with Crippen molar-refractivity contribution in [2.24, 2.45) is 0 Å². The van der Waals surface area contributed by atoms with E-state index < -0.39 is 10.0 Å². The van der Waals surface area contributed by atoms with Gasteiger partial charge in [-0.05, 0) is 44.5 Å². The first kappa shape index (κ1) is 19.3. The Kier molecular flexibility index (Phi) is 4.97. The lowest BCUT2D eigenvalue weighted by molar-refractivity contribution is 0.340. The number of benzene rings is 2. The van der Waals surface area contributed by atoms with Crippen LogP contribution in [0.25, 0.3) is 22.2 Å². The van der Waals surface area contributed by atoms with Gasteiger partial charge in [-0.25, -0.2) is 8.42 Å². The van der Waals surface area contributed by atoms with E-state index in [1.165, 1.54) is 4.31 Å². The van der Waals surface area contributed by atoms with Crippen LogP contribution in [0.5, 0.6) is 5.75 Å². The van der Waals surface area contributed by atoms with Crippen molar-refractivity contribution in [2.75, 3.05) is 23.2 Å². The fourth-order valence-corrected chi connectivity index (χ4v) is 5.62. The van der Waals surface area contributed by atoms with Crippen LogP contribution in [0.1, 0.15) is 25.8 Å². The molecule has 7 heteroatoms. The third kappa shape index (κ3) is 3.23. The zero-order valence-electron chi connectivity index (χ0n) is 16.6. The second-order valence-corrected chi connectivity index (χ2v) is 9.00. The summed E-state index contributed by atoms with van der Waals surface area (Å²) in [7, 11) is -3.26. The van der Waals surface area contributed by atoms with Gasteiger partial charge >= 0.3 is 0 Å². The number of sulfonamides is 1. The molecule has 0 spiro atoms. The van der Waals surface area contributed by atoms with Crippen molar-refractivity contribution < 1.29 is 13.2 Å². The van der Waals surface area contributed by atoms with Crippen LogP contribution in [0.4, 0.5) is 5.69 Å². The highest BCUT2D eigenvalue weighted by Gasteiger charge is 2.29. The van der Waals surface area contributed by atoms with Crippen molar-refractivity contribution in [3.05, 3.63) is 48.0 Å². The molecule has 0 aliphatic carbocycles. The van der Waals surface area contributed by atoms with Gasteiger partial charge in [0.2, 0.25) is 10.0 Å². The van der Waals surface area contributed by atoms with Gasteiger partial charge in [0, 0.05) is 30.1 Å². The summed E-state index contributed by atoms with van der Waals surface area (Å²) < 4.78 is 33.9. The molecular formula is C22H23N3O3S. The van der Waals surface area contributed by atoms with Crippen molar-refractivity contribution in [3.8, 4) is 23.1 Å². The summed E-state index contributed by atoms with van der Waals surface area (Å²) in [4.78, 5) is 0. The third-order valence-corrected chi connectivity index (χ3v) is 7.15. The summed E-state index contributed by atoms with van der Waals surface area (Å²) in [5, 5.41) is 10.8. The molecule has 6 nitrogen and oxygen atoms in total. The van der Waals surface area contributed by atoms with E-state index in [4.69, 9.17) is 4.74 Å². The summed E-state index contributed by atoms with van der Waals surface area (Å²) >= 11 is 0. The maximum Gasteiger partial charge on any atom is 0.235 e. The Bertz CT molecular complexity index is 1220. The molecule has 1 aliphatic heterocycles. The van der Waals surface area contributed by atoms with Crippen LogP contribution in [0.3, 0.4) is 0 Å². The van der Waals surface area contributed by atoms with Gasteiger partial charge in [0.05, 0.1) is 34.8 Å². The second-order valence-electron chi connectivity index (χ2n) is 6.98. The number of nitriles is 1. The highest BCUT2D eigenvalue weighted by atomic mass is 32.2. The second kappa shape index (κ2) is 7.45. The Morgan fingerprint density at radius 1 is 1.17 bits per heavy atom. The van der Waals surface area contributed by atoms with Gasteiger partial charge in [0.1, 0.15) is 11.8 Å². The molecule has 2 aromatic carbocycles. The van der Waals surface area contributed by atoms with Crippen molar-refractivity contribution in [1.29, 1.82) is 5.26 Å². The smallest absolute Gasteiger partial charge is 0.235 e. The molecule has 0 atom stereocenters. The number of ether oxygens (including phenoxy) is 1. The molecule has 0 bridgehead atoms. The normalized spacial score (nSPS) is 15.6. The summed E-state index contributed by atoms with van der Waals surface area (Å²) in [6, 6.07) is 15.6. The number of nitrogens with zero attached hydrogens (tertiary/aromatic N) is 3. The first-order chi connectivity index (χ1) is 14.0. The minimum Gasteiger partial charge on any atom is -0.494 e. The average Bonchev–Trinajstić information content (AvgIpc) is 3.24. The first-order valence-electron chi connectivity index (χ1n) is 9.80. The number of aromatic nitrogens is 1. The van der Waals surface area contributed by atoms with Crippen LogP contribution in [0, 0.1) is 11.3 Å². The minimum absolute atomic E-state index is 0.177. The molecule has 3 aromatic rings. The standard InChI is InChI=1S/C22H23N3O3S/c1-3-24-21-14-18(28-4-2)9-10-19(21)20(15-23)22(24)16-7-5-8-17(13-16)25-11-6-12-29(25,26)27/h5,7-10,13-14H,3-4,6,11-12H2,1-2H3. The summed E-state index contributed by atoms with van der Waals surface area (Å²) in [6.45, 7) is 5.71. The van der Waals surface area contributed by atoms with Gasteiger partial charge < -0.3 is 9.30 Å². The number of hydrogen-bond donors (Lipinski definition) is 0. The Labute approximate surface area is 171 Å². The van der Waals surface area contributed by atoms with Crippen LogP contribution < -0.4 is 9.04 Å². The number of rotatable bonds is 5. The number of anilines is 1. The van der Waals surface area contributed by atoms with Gasteiger partial charge in [-0.1, -0.05) is 12.1 Å². The van der Waals surface area contributed by atoms with Gasteiger partial charge in [-0.3, -0.25) is 4.31 Å². The van der Waals surface area contributed by atoms with Gasteiger partial charge in [-0.2, -0.15) is 5.26 Å². The molecule has 150 valence electrons. The fourth-order valence-electron chi connectivity index (χ4n) is 4.07. The number of hydrogen-bond acceptors (Lipinski definition) is 4. The van der Waals surface area contributed by atoms with E-state index in [0.29, 0.717) is 37.4 Å². The molecule has 29 heavy (non-hydrogen) atoms.